The zero-order valence-corrected chi connectivity index (χ0v) is 31.4. The summed E-state index contributed by atoms with van der Waals surface area (Å²) in [6, 6.07) is 11.7. The van der Waals surface area contributed by atoms with Gasteiger partial charge in [0, 0.05) is 38.0 Å². The molecule has 4 aliphatic carbocycles. The lowest BCUT2D eigenvalue weighted by molar-refractivity contribution is -0.141. The van der Waals surface area contributed by atoms with Crippen LogP contribution in [0.5, 0.6) is 0 Å². The summed E-state index contributed by atoms with van der Waals surface area (Å²) in [5.74, 6) is 2.33. The minimum absolute atomic E-state index is 0.0132. The summed E-state index contributed by atoms with van der Waals surface area (Å²) in [7, 11) is 0. The van der Waals surface area contributed by atoms with Gasteiger partial charge >= 0.3 is 0 Å². The Hall–Kier alpha value is -3.63. The van der Waals surface area contributed by atoms with Gasteiger partial charge in [0.1, 0.15) is 12.4 Å². The number of carbonyl (C=O) groups excluding carboxylic acids is 2. The molecule has 9 nitrogen and oxygen atoms in total. The van der Waals surface area contributed by atoms with Crippen molar-refractivity contribution in [1.82, 2.24) is 20.0 Å². The van der Waals surface area contributed by atoms with Gasteiger partial charge in [-0.05, 0) is 110 Å². The largest absolute Gasteiger partial charge is 0.375 e. The first-order chi connectivity index (χ1) is 25.7. The Kier molecular flexibility index (Phi) is 10.2. The normalized spacial score (nSPS) is 31.2. The average molecular weight is 727 g/mol. The highest BCUT2D eigenvalue weighted by molar-refractivity contribution is 5.95. The third kappa shape index (κ3) is 6.83. The van der Waals surface area contributed by atoms with Crippen molar-refractivity contribution in [2.45, 2.75) is 90.6 Å². The molecule has 1 aliphatic heterocycles. The maximum Gasteiger partial charge on any atom is 0.272 e. The lowest BCUT2D eigenvalue weighted by atomic mass is 9.45. The van der Waals surface area contributed by atoms with Crippen molar-refractivity contribution < 1.29 is 23.5 Å². The molecule has 2 heterocycles. The van der Waals surface area contributed by atoms with Crippen molar-refractivity contribution in [3.8, 4) is 0 Å². The summed E-state index contributed by atoms with van der Waals surface area (Å²) >= 11 is 0. The molecule has 0 bridgehead atoms. The molecule has 2 amide bonds. The van der Waals surface area contributed by atoms with Crippen LogP contribution in [-0.4, -0.2) is 83.9 Å². The van der Waals surface area contributed by atoms with Crippen LogP contribution in [0, 0.1) is 40.3 Å². The summed E-state index contributed by atoms with van der Waals surface area (Å²) in [6.07, 6.45) is 14.2. The minimum Gasteiger partial charge on any atom is -0.375 e. The molecule has 1 N–H and O–H groups in total. The van der Waals surface area contributed by atoms with Gasteiger partial charge in [0.15, 0.2) is 0 Å². The standard InChI is InChI=1S/C43H55FN4O5/c1-42-17-6-5-7-29(42)11-12-32-34-13-15-38(43(34,2)18-16-35(32)42)53-24-23-52-27-39(49)47-19-21-48(22-20-47)41(51)33-25-28(10-14-36(33)44)26-37-30-8-3-4-9-31(30)40(50)46-45-37/h3-4,8-10,14,25,29,32,34-35,38H,5-7,11-13,15-24,26-27H2,1-2H3,(H,46,50)/t29-,32+,34+,35+,38+,42+,43+/m0/s1. The summed E-state index contributed by atoms with van der Waals surface area (Å²) in [5.41, 5.74) is 1.86. The number of rotatable bonds is 9. The number of halogens is 1. The topological polar surface area (TPSA) is 105 Å². The van der Waals surface area contributed by atoms with Gasteiger partial charge < -0.3 is 19.3 Å². The third-order valence-electron chi connectivity index (χ3n) is 14.6. The number of hydrogen-bond donors (Lipinski definition) is 1. The van der Waals surface area contributed by atoms with Gasteiger partial charge in [-0.15, -0.1) is 0 Å². The minimum atomic E-state index is -0.595. The number of H-pyrrole nitrogens is 1. The van der Waals surface area contributed by atoms with Gasteiger partial charge in [-0.2, -0.15) is 5.10 Å². The van der Waals surface area contributed by atoms with E-state index in [-0.39, 0.29) is 35.2 Å². The first-order valence-electron chi connectivity index (χ1n) is 20.2. The second-order valence-electron chi connectivity index (χ2n) is 17.1. The highest BCUT2D eigenvalue weighted by atomic mass is 19.1. The predicted molar refractivity (Wildman–Crippen MR) is 201 cm³/mol. The van der Waals surface area contributed by atoms with Gasteiger partial charge in [-0.3, -0.25) is 14.4 Å². The van der Waals surface area contributed by atoms with Crippen LogP contribution in [0.25, 0.3) is 10.8 Å². The molecule has 0 spiro atoms. The van der Waals surface area contributed by atoms with E-state index in [1.54, 1.807) is 34.1 Å². The summed E-state index contributed by atoms with van der Waals surface area (Å²) in [5, 5.41) is 8.00. The van der Waals surface area contributed by atoms with E-state index in [2.05, 4.69) is 24.0 Å². The number of piperazine rings is 1. The van der Waals surface area contributed by atoms with Crippen molar-refractivity contribution in [2.75, 3.05) is 46.0 Å². The smallest absolute Gasteiger partial charge is 0.272 e. The van der Waals surface area contributed by atoms with E-state index in [0.717, 1.165) is 35.5 Å². The van der Waals surface area contributed by atoms with E-state index in [4.69, 9.17) is 9.47 Å². The molecular weight excluding hydrogens is 671 g/mol. The van der Waals surface area contributed by atoms with Gasteiger partial charge in [-0.1, -0.05) is 51.0 Å². The number of carbonyl (C=O) groups is 2. The molecule has 3 aromatic rings. The molecule has 53 heavy (non-hydrogen) atoms. The molecule has 0 unspecified atom stereocenters. The van der Waals surface area contributed by atoms with Crippen LogP contribution in [-0.2, 0) is 20.7 Å². The molecule has 10 heteroatoms. The number of aromatic amines is 1. The summed E-state index contributed by atoms with van der Waals surface area (Å²) in [6.45, 7) is 7.34. The summed E-state index contributed by atoms with van der Waals surface area (Å²) in [4.78, 5) is 42.0. The van der Waals surface area contributed by atoms with Crippen molar-refractivity contribution in [3.05, 3.63) is 75.5 Å². The van der Waals surface area contributed by atoms with Crippen LogP contribution < -0.4 is 5.56 Å². The van der Waals surface area contributed by atoms with Gasteiger partial charge in [-0.25, -0.2) is 9.49 Å². The van der Waals surface area contributed by atoms with Crippen molar-refractivity contribution >= 4 is 22.6 Å². The van der Waals surface area contributed by atoms with Crippen LogP contribution in [0.4, 0.5) is 4.39 Å². The third-order valence-corrected chi connectivity index (χ3v) is 14.6. The number of amides is 2. The number of benzene rings is 2. The van der Waals surface area contributed by atoms with Gasteiger partial charge in [0.2, 0.25) is 5.91 Å². The first kappa shape index (κ1) is 36.4. The highest BCUT2D eigenvalue weighted by Gasteiger charge is 2.60. The van der Waals surface area contributed by atoms with E-state index in [1.165, 1.54) is 63.9 Å². The zero-order chi connectivity index (χ0) is 36.7. The Morgan fingerprint density at radius 1 is 0.868 bits per heavy atom. The van der Waals surface area contributed by atoms with E-state index in [9.17, 15) is 18.8 Å². The quantitative estimate of drug-likeness (QED) is 0.244. The number of ether oxygens (including phenoxy) is 2. The van der Waals surface area contributed by atoms with Crippen LogP contribution >= 0.6 is 0 Å². The van der Waals surface area contributed by atoms with Crippen LogP contribution in [0.1, 0.15) is 99.7 Å². The highest BCUT2D eigenvalue weighted by Crippen LogP contribution is 2.66. The van der Waals surface area contributed by atoms with Crippen LogP contribution in [0.15, 0.2) is 47.3 Å². The van der Waals surface area contributed by atoms with E-state index in [0.29, 0.717) is 67.9 Å². The maximum absolute atomic E-state index is 15.0. The van der Waals surface area contributed by atoms with Crippen LogP contribution in [0.2, 0.25) is 0 Å². The average Bonchev–Trinajstić information content (AvgIpc) is 3.52. The summed E-state index contributed by atoms with van der Waals surface area (Å²) < 4.78 is 27.3. The molecule has 5 aliphatic rings. The van der Waals surface area contributed by atoms with E-state index in [1.807, 2.05) is 12.1 Å². The number of hydrogen-bond acceptors (Lipinski definition) is 6. The SMILES string of the molecule is C[C@@]12CCCC[C@H]1CC[C@H]1[C@H]2CC[C@]2(C)[C@@H]1CC[C@H]2OCCOCC(=O)N1CCN(C(=O)c2cc(Cc3n[nH]c(=O)c4ccccc34)ccc2F)CC1. The van der Waals surface area contributed by atoms with Crippen molar-refractivity contribution in [3.63, 3.8) is 0 Å². The maximum atomic E-state index is 15.0. The Bertz CT molecular complexity index is 1890. The lowest BCUT2D eigenvalue weighted by Crippen LogP contribution is -2.53. The second kappa shape index (κ2) is 14.9. The predicted octanol–water partition coefficient (Wildman–Crippen LogP) is 6.77. The lowest BCUT2D eigenvalue weighted by Gasteiger charge is -2.60. The Labute approximate surface area is 312 Å². The molecule has 5 fully saturated rings. The fourth-order valence-corrected chi connectivity index (χ4v) is 11.7. The fourth-order valence-electron chi connectivity index (χ4n) is 11.7. The number of nitrogens with zero attached hydrogens (tertiary/aromatic N) is 3. The number of aromatic nitrogens is 2. The Balaban J connectivity index is 0.783. The molecule has 1 aromatic heterocycles. The van der Waals surface area contributed by atoms with E-state index < -0.39 is 11.7 Å². The number of fused-ring (bicyclic) bond motifs is 6. The van der Waals surface area contributed by atoms with Crippen molar-refractivity contribution in [2.24, 2.45) is 34.5 Å². The Morgan fingerprint density at radius 3 is 2.47 bits per heavy atom. The molecule has 2 aromatic carbocycles. The molecule has 1 saturated heterocycles. The van der Waals surface area contributed by atoms with Crippen molar-refractivity contribution in [1.29, 1.82) is 0 Å². The molecule has 7 atom stereocenters. The molecular formula is C43H55FN4O5. The van der Waals surface area contributed by atoms with Gasteiger partial charge in [0.25, 0.3) is 11.5 Å². The molecule has 8 rings (SSSR count). The zero-order valence-electron chi connectivity index (χ0n) is 31.4. The monoisotopic (exact) mass is 726 g/mol. The molecule has 0 radical (unpaired) electrons. The molecule has 284 valence electrons. The van der Waals surface area contributed by atoms with Crippen LogP contribution in [0.3, 0.4) is 0 Å². The number of nitrogens with one attached hydrogen (secondary N) is 1. The second-order valence-corrected chi connectivity index (χ2v) is 17.1. The molecule has 4 saturated carbocycles. The Morgan fingerprint density at radius 2 is 1.64 bits per heavy atom. The van der Waals surface area contributed by atoms with E-state index >= 15 is 0 Å². The fraction of sp³-hybridized carbons (Fsp3) is 0.628. The first-order valence-corrected chi connectivity index (χ1v) is 20.2. The van der Waals surface area contributed by atoms with Gasteiger partial charge in [0.05, 0.1) is 36.0 Å².